The van der Waals surface area contributed by atoms with Crippen molar-refractivity contribution in [3.63, 3.8) is 0 Å². The molecule has 0 saturated heterocycles. The smallest absolute Gasteiger partial charge is 0.148 e. The van der Waals surface area contributed by atoms with Crippen molar-refractivity contribution in [2.24, 2.45) is 5.84 Å². The van der Waals surface area contributed by atoms with Crippen LogP contribution in [0.4, 0.5) is 11.6 Å². The first-order chi connectivity index (χ1) is 9.91. The van der Waals surface area contributed by atoms with Gasteiger partial charge < -0.3 is 10.7 Å². The van der Waals surface area contributed by atoms with Crippen molar-refractivity contribution in [2.45, 2.75) is 39.7 Å². The summed E-state index contributed by atoms with van der Waals surface area (Å²) in [6, 6.07) is 0. The van der Waals surface area contributed by atoms with Gasteiger partial charge in [0.2, 0.25) is 0 Å². The highest BCUT2D eigenvalue weighted by molar-refractivity contribution is 5.57. The van der Waals surface area contributed by atoms with Gasteiger partial charge in [0.25, 0.3) is 0 Å². The lowest BCUT2D eigenvalue weighted by Gasteiger charge is -2.20. The second-order valence-corrected chi connectivity index (χ2v) is 5.86. The van der Waals surface area contributed by atoms with Crippen LogP contribution in [0, 0.1) is 6.92 Å². The molecule has 0 unspecified atom stereocenters. The number of hydrogen-bond donors (Lipinski definition) is 3. The van der Waals surface area contributed by atoms with Crippen LogP contribution in [0.5, 0.6) is 0 Å². The lowest BCUT2D eigenvalue weighted by molar-refractivity contribution is 0.545. The Labute approximate surface area is 124 Å². The monoisotopic (exact) mass is 290 g/mol. The van der Waals surface area contributed by atoms with Gasteiger partial charge in [0.05, 0.1) is 12.7 Å². The summed E-state index contributed by atoms with van der Waals surface area (Å²) in [4.78, 5) is 9.07. The van der Waals surface area contributed by atoms with Gasteiger partial charge in [-0.15, -0.1) is 5.10 Å². The molecule has 0 saturated carbocycles. The summed E-state index contributed by atoms with van der Waals surface area (Å²) in [6.07, 6.45) is 3.48. The van der Waals surface area contributed by atoms with Crippen molar-refractivity contribution in [1.29, 1.82) is 0 Å². The van der Waals surface area contributed by atoms with Crippen LogP contribution in [0.1, 0.15) is 32.2 Å². The van der Waals surface area contributed by atoms with E-state index in [4.69, 9.17) is 5.84 Å². The molecule has 21 heavy (non-hydrogen) atoms. The molecule has 8 heteroatoms. The Morgan fingerprint density at radius 1 is 1.24 bits per heavy atom. The summed E-state index contributed by atoms with van der Waals surface area (Å²) in [5.41, 5.74) is 3.37. The zero-order valence-electron chi connectivity index (χ0n) is 12.9. The van der Waals surface area contributed by atoms with Gasteiger partial charge in [-0.3, -0.25) is 4.68 Å². The minimum Gasteiger partial charge on any atom is -0.368 e. The Morgan fingerprint density at radius 3 is 2.52 bits per heavy atom. The van der Waals surface area contributed by atoms with E-state index in [1.54, 1.807) is 10.9 Å². The number of anilines is 2. The van der Waals surface area contributed by atoms with Crippen molar-refractivity contribution in [3.05, 3.63) is 23.8 Å². The van der Waals surface area contributed by atoms with Crippen molar-refractivity contribution in [1.82, 2.24) is 25.0 Å². The molecule has 0 aliphatic heterocycles. The molecule has 0 radical (unpaired) electrons. The summed E-state index contributed by atoms with van der Waals surface area (Å²) >= 11 is 0. The quantitative estimate of drug-likeness (QED) is 0.558. The number of nitrogens with zero attached hydrogens (tertiary/aromatic N) is 5. The van der Waals surface area contributed by atoms with Gasteiger partial charge in [0.15, 0.2) is 0 Å². The zero-order chi connectivity index (χ0) is 15.5. The van der Waals surface area contributed by atoms with Crippen LogP contribution in [-0.4, -0.2) is 31.5 Å². The summed E-state index contributed by atoms with van der Waals surface area (Å²) in [5.74, 6) is 7.70. The maximum Gasteiger partial charge on any atom is 0.148 e. The third-order valence-electron chi connectivity index (χ3n) is 3.06. The van der Waals surface area contributed by atoms with Gasteiger partial charge in [-0.25, -0.2) is 15.8 Å². The van der Waals surface area contributed by atoms with Crippen LogP contribution in [-0.2, 0) is 12.0 Å². The van der Waals surface area contributed by atoms with Gasteiger partial charge in [0.1, 0.15) is 17.5 Å². The Kier molecular flexibility index (Phi) is 4.37. The van der Waals surface area contributed by atoms with Crippen molar-refractivity contribution >= 4 is 11.6 Å². The number of hydrogen-bond acceptors (Lipinski definition) is 7. The fourth-order valence-corrected chi connectivity index (χ4v) is 1.81. The molecule has 114 valence electrons. The average Bonchev–Trinajstić information content (AvgIpc) is 2.92. The van der Waals surface area contributed by atoms with Crippen LogP contribution >= 0.6 is 0 Å². The fraction of sp³-hybridized carbons (Fsp3) is 0.538. The van der Waals surface area contributed by atoms with E-state index in [1.807, 2.05) is 13.1 Å². The topological polar surface area (TPSA) is 107 Å². The third kappa shape index (κ3) is 3.66. The largest absolute Gasteiger partial charge is 0.368 e. The first-order valence-corrected chi connectivity index (χ1v) is 6.85. The Bertz CT molecular complexity index is 585. The highest BCUT2D eigenvalue weighted by Crippen LogP contribution is 2.25. The maximum atomic E-state index is 5.55. The lowest BCUT2D eigenvalue weighted by atomic mass is 9.95. The Morgan fingerprint density at radius 2 is 1.95 bits per heavy atom. The minimum absolute atomic E-state index is 0.151. The molecule has 0 bridgehead atoms. The van der Waals surface area contributed by atoms with Gasteiger partial charge in [-0.05, 0) is 6.92 Å². The predicted octanol–water partition coefficient (Wildman–Crippen LogP) is 1.07. The van der Waals surface area contributed by atoms with Crippen molar-refractivity contribution < 1.29 is 0 Å². The molecular formula is C13H22N8. The molecule has 0 aromatic carbocycles. The number of aromatic nitrogens is 5. The third-order valence-corrected chi connectivity index (χ3v) is 3.06. The van der Waals surface area contributed by atoms with E-state index >= 15 is 0 Å². The zero-order valence-corrected chi connectivity index (χ0v) is 12.9. The number of nitrogens with two attached hydrogens (primary N) is 1. The summed E-state index contributed by atoms with van der Waals surface area (Å²) in [6.45, 7) is 9.53. The molecule has 8 nitrogen and oxygen atoms in total. The molecule has 0 aliphatic rings. The van der Waals surface area contributed by atoms with Gasteiger partial charge in [-0.1, -0.05) is 26.0 Å². The van der Waals surface area contributed by atoms with E-state index in [0.717, 1.165) is 17.2 Å². The number of nitrogen functional groups attached to an aromatic ring is 1. The number of rotatable bonds is 5. The molecule has 0 spiro atoms. The second kappa shape index (κ2) is 6.04. The van der Waals surface area contributed by atoms with E-state index in [-0.39, 0.29) is 5.41 Å². The average molecular weight is 290 g/mol. The predicted molar refractivity (Wildman–Crippen MR) is 81.8 cm³/mol. The molecule has 0 aliphatic carbocycles. The normalized spacial score (nSPS) is 11.5. The molecule has 0 fully saturated rings. The summed E-state index contributed by atoms with van der Waals surface area (Å²) in [7, 11) is 0. The maximum absolute atomic E-state index is 5.55. The minimum atomic E-state index is -0.151. The molecule has 0 amide bonds. The van der Waals surface area contributed by atoms with E-state index in [0.29, 0.717) is 18.9 Å². The van der Waals surface area contributed by atoms with Gasteiger partial charge in [-0.2, -0.15) is 0 Å². The molecule has 2 heterocycles. The molecule has 0 atom stereocenters. The van der Waals surface area contributed by atoms with Crippen molar-refractivity contribution in [3.8, 4) is 0 Å². The standard InChI is InChI=1S/C13H22N8/c1-9-10(15-5-7-21-8-6-16-20-21)17-12(13(2,3)4)18-11(9)19-14/h6,8H,5,7,14H2,1-4H3,(H2,15,17,18,19). The van der Waals surface area contributed by atoms with Gasteiger partial charge in [0, 0.05) is 23.7 Å². The van der Waals surface area contributed by atoms with Gasteiger partial charge >= 0.3 is 0 Å². The number of nitrogens with one attached hydrogen (secondary N) is 2. The molecule has 2 aromatic rings. The second-order valence-electron chi connectivity index (χ2n) is 5.86. The van der Waals surface area contributed by atoms with Crippen LogP contribution in [0.15, 0.2) is 12.4 Å². The van der Waals surface area contributed by atoms with E-state index in [9.17, 15) is 0 Å². The van der Waals surface area contributed by atoms with E-state index < -0.39 is 0 Å². The van der Waals surface area contributed by atoms with Crippen LogP contribution in [0.2, 0.25) is 0 Å². The first-order valence-electron chi connectivity index (χ1n) is 6.85. The fourth-order valence-electron chi connectivity index (χ4n) is 1.81. The highest BCUT2D eigenvalue weighted by Gasteiger charge is 2.20. The van der Waals surface area contributed by atoms with Crippen LogP contribution < -0.4 is 16.6 Å². The van der Waals surface area contributed by atoms with Crippen LogP contribution in [0.25, 0.3) is 0 Å². The van der Waals surface area contributed by atoms with Crippen molar-refractivity contribution in [2.75, 3.05) is 17.3 Å². The first kappa shape index (κ1) is 15.2. The molecular weight excluding hydrogens is 268 g/mol. The molecule has 4 N–H and O–H groups in total. The molecule has 2 rings (SSSR count). The summed E-state index contributed by atoms with van der Waals surface area (Å²) in [5, 5.41) is 11.0. The highest BCUT2D eigenvalue weighted by atomic mass is 15.4. The Hall–Kier alpha value is -2.22. The summed E-state index contributed by atoms with van der Waals surface area (Å²) < 4.78 is 1.76. The van der Waals surface area contributed by atoms with E-state index in [1.165, 1.54) is 0 Å². The number of hydrazine groups is 1. The molecule has 2 aromatic heterocycles. The van der Waals surface area contributed by atoms with E-state index in [2.05, 4.69) is 51.8 Å². The Balaban J connectivity index is 2.17. The SMILES string of the molecule is Cc1c(NN)nc(C(C)(C)C)nc1NCCn1ccnn1. The lowest BCUT2D eigenvalue weighted by Crippen LogP contribution is -2.22. The van der Waals surface area contributed by atoms with Crippen LogP contribution in [0.3, 0.4) is 0 Å².